The van der Waals surface area contributed by atoms with E-state index in [-0.39, 0.29) is 6.61 Å². The summed E-state index contributed by atoms with van der Waals surface area (Å²) in [5.41, 5.74) is 0.619. The van der Waals surface area contributed by atoms with Crippen LogP contribution in [0, 0.1) is 0 Å². The van der Waals surface area contributed by atoms with Crippen molar-refractivity contribution in [1.29, 1.82) is 0 Å². The van der Waals surface area contributed by atoms with Gasteiger partial charge in [-0.2, -0.15) is 5.10 Å². The first-order valence-corrected chi connectivity index (χ1v) is 3.32. The molecule has 0 atom stereocenters. The lowest BCUT2D eigenvalue weighted by Gasteiger charge is -1.98. The van der Waals surface area contributed by atoms with E-state index in [0.717, 1.165) is 0 Å². The Labute approximate surface area is 64.6 Å². The smallest absolute Gasteiger partial charge is 0.408 e. The first kappa shape index (κ1) is 8.09. The van der Waals surface area contributed by atoms with Crippen LogP contribution in [0.5, 0.6) is 0 Å². The number of aromatic nitrogens is 2. The topological polar surface area (TPSA) is 81.2 Å². The second-order valence-corrected chi connectivity index (χ2v) is 2.26. The maximum atomic E-state index is 8.86. The lowest BCUT2D eigenvalue weighted by molar-refractivity contribution is 0.276. The van der Waals surface area contributed by atoms with Crippen LogP contribution in [0.1, 0.15) is 5.69 Å². The second kappa shape index (κ2) is 3.40. The summed E-state index contributed by atoms with van der Waals surface area (Å²) >= 11 is 0. The van der Waals surface area contributed by atoms with Crippen molar-refractivity contribution in [3.8, 4) is 0 Å². The molecule has 0 amide bonds. The molecule has 1 rings (SSSR count). The molecule has 1 aromatic heterocycles. The summed E-state index contributed by atoms with van der Waals surface area (Å²) in [7, 11) is -0.634. The minimum atomic E-state index is -0.634. The summed E-state index contributed by atoms with van der Waals surface area (Å²) in [6.45, 7) is 1.52. The molecule has 0 radical (unpaired) electrons. The Hall–Kier alpha value is -1.01. The molecular formula is C5H10BN3O2. The lowest BCUT2D eigenvalue weighted by atomic mass is 9.89. The van der Waals surface area contributed by atoms with Gasteiger partial charge in [-0.05, 0) is 6.82 Å². The number of hydrogen-bond donors (Lipinski definition) is 4. The van der Waals surface area contributed by atoms with E-state index >= 15 is 0 Å². The van der Waals surface area contributed by atoms with Crippen LogP contribution in [0.15, 0.2) is 6.07 Å². The fourth-order valence-electron chi connectivity index (χ4n) is 0.731. The van der Waals surface area contributed by atoms with Crippen LogP contribution in [0.25, 0.3) is 0 Å². The highest BCUT2D eigenvalue weighted by atomic mass is 16.3. The van der Waals surface area contributed by atoms with E-state index in [9.17, 15) is 0 Å². The zero-order valence-corrected chi connectivity index (χ0v) is 6.20. The van der Waals surface area contributed by atoms with Crippen molar-refractivity contribution < 1.29 is 10.1 Å². The Kier molecular flexibility index (Phi) is 2.51. The minimum Gasteiger partial charge on any atom is -0.433 e. The highest BCUT2D eigenvalue weighted by Gasteiger charge is 2.05. The average Bonchev–Trinajstić information content (AvgIpc) is 2.34. The molecule has 60 valence electrons. The minimum absolute atomic E-state index is 0.0749. The predicted octanol–water partition coefficient (Wildman–Crippen LogP) is -0.576. The number of rotatable bonds is 3. The van der Waals surface area contributed by atoms with E-state index in [1.165, 1.54) is 0 Å². The molecule has 0 aliphatic rings. The zero-order chi connectivity index (χ0) is 8.27. The van der Waals surface area contributed by atoms with Crippen molar-refractivity contribution in [3.63, 3.8) is 0 Å². The zero-order valence-electron chi connectivity index (χ0n) is 6.20. The van der Waals surface area contributed by atoms with E-state index in [1.807, 2.05) is 0 Å². The molecule has 1 aromatic rings. The summed E-state index contributed by atoms with van der Waals surface area (Å²) in [4.78, 5) is 0. The molecule has 0 unspecified atom stereocenters. The molecule has 0 saturated heterocycles. The van der Waals surface area contributed by atoms with Crippen molar-refractivity contribution in [1.82, 2.24) is 10.2 Å². The lowest BCUT2D eigenvalue weighted by Crippen LogP contribution is -2.19. The van der Waals surface area contributed by atoms with Crippen molar-refractivity contribution in [3.05, 3.63) is 11.8 Å². The van der Waals surface area contributed by atoms with Crippen LogP contribution < -0.4 is 5.23 Å². The average molecular weight is 155 g/mol. The summed E-state index contributed by atoms with van der Waals surface area (Å²) in [5.74, 6) is 0.532. The van der Waals surface area contributed by atoms with Crippen LogP contribution in [0.2, 0.25) is 6.82 Å². The quantitative estimate of drug-likeness (QED) is 0.440. The second-order valence-electron chi connectivity index (χ2n) is 2.26. The van der Waals surface area contributed by atoms with Gasteiger partial charge in [0.25, 0.3) is 0 Å². The van der Waals surface area contributed by atoms with Gasteiger partial charge in [0.2, 0.25) is 0 Å². The van der Waals surface area contributed by atoms with Gasteiger partial charge in [-0.1, -0.05) is 0 Å². The third-order valence-corrected chi connectivity index (χ3v) is 1.16. The normalized spacial score (nSPS) is 9.73. The van der Waals surface area contributed by atoms with Crippen LogP contribution in [-0.4, -0.2) is 27.4 Å². The molecule has 1 heterocycles. The molecular weight excluding hydrogens is 145 g/mol. The molecule has 6 heteroatoms. The third kappa shape index (κ3) is 2.25. The molecule has 0 spiro atoms. The molecule has 0 saturated carbocycles. The Morgan fingerprint density at radius 1 is 1.82 bits per heavy atom. The van der Waals surface area contributed by atoms with Gasteiger partial charge in [-0.3, -0.25) is 5.10 Å². The molecule has 5 nitrogen and oxygen atoms in total. The highest BCUT2D eigenvalue weighted by molar-refractivity contribution is 6.52. The molecule has 0 aliphatic carbocycles. The molecule has 4 N–H and O–H groups in total. The molecule has 11 heavy (non-hydrogen) atoms. The fourth-order valence-corrected chi connectivity index (χ4v) is 0.731. The van der Waals surface area contributed by atoms with Gasteiger partial charge in [0.15, 0.2) is 0 Å². The number of nitrogens with one attached hydrogen (secondary N) is 2. The van der Waals surface area contributed by atoms with Gasteiger partial charge in [-0.15, -0.1) is 0 Å². The molecule has 0 aliphatic heterocycles. The van der Waals surface area contributed by atoms with Crippen LogP contribution in [-0.2, 0) is 6.61 Å². The van der Waals surface area contributed by atoms with Gasteiger partial charge in [0, 0.05) is 6.07 Å². The SMILES string of the molecule is CB(O)Nc1cc(CO)[nH]n1. The van der Waals surface area contributed by atoms with E-state index in [1.54, 1.807) is 12.9 Å². The summed E-state index contributed by atoms with van der Waals surface area (Å²) in [6.07, 6.45) is 0. The van der Waals surface area contributed by atoms with Gasteiger partial charge >= 0.3 is 7.05 Å². The van der Waals surface area contributed by atoms with Crippen molar-refractivity contribution in [2.24, 2.45) is 0 Å². The first-order valence-electron chi connectivity index (χ1n) is 3.32. The Bertz CT molecular complexity index is 225. The van der Waals surface area contributed by atoms with E-state index in [4.69, 9.17) is 10.1 Å². The number of aliphatic hydroxyl groups is 1. The predicted molar refractivity (Wildman–Crippen MR) is 42.0 cm³/mol. The summed E-state index contributed by atoms with van der Waals surface area (Å²) in [5, 5.41) is 26.5. The van der Waals surface area contributed by atoms with Crippen LogP contribution >= 0.6 is 0 Å². The summed E-state index contributed by atoms with van der Waals surface area (Å²) in [6, 6.07) is 1.63. The van der Waals surface area contributed by atoms with Gasteiger partial charge in [-0.25, -0.2) is 0 Å². The number of anilines is 1. The van der Waals surface area contributed by atoms with Crippen LogP contribution in [0.3, 0.4) is 0 Å². The molecule has 0 bridgehead atoms. The molecule has 0 fully saturated rings. The third-order valence-electron chi connectivity index (χ3n) is 1.16. The van der Waals surface area contributed by atoms with Crippen molar-refractivity contribution in [2.75, 3.05) is 5.23 Å². The number of hydrogen-bond acceptors (Lipinski definition) is 4. The fraction of sp³-hybridized carbons (Fsp3) is 0.400. The number of aliphatic hydroxyl groups excluding tert-OH is 1. The maximum Gasteiger partial charge on any atom is 0.408 e. The van der Waals surface area contributed by atoms with Gasteiger partial charge in [0.1, 0.15) is 5.82 Å². The van der Waals surface area contributed by atoms with Crippen LogP contribution in [0.4, 0.5) is 5.82 Å². The first-order chi connectivity index (χ1) is 5.22. The monoisotopic (exact) mass is 155 g/mol. The van der Waals surface area contributed by atoms with E-state index in [0.29, 0.717) is 11.5 Å². The Morgan fingerprint density at radius 3 is 3.00 bits per heavy atom. The highest BCUT2D eigenvalue weighted by Crippen LogP contribution is 2.04. The molecule has 0 aromatic carbocycles. The van der Waals surface area contributed by atoms with E-state index in [2.05, 4.69) is 15.4 Å². The summed E-state index contributed by atoms with van der Waals surface area (Å²) < 4.78 is 0. The number of H-pyrrole nitrogens is 1. The largest absolute Gasteiger partial charge is 0.433 e. The van der Waals surface area contributed by atoms with Crippen molar-refractivity contribution >= 4 is 12.9 Å². The Balaban J connectivity index is 2.58. The van der Waals surface area contributed by atoms with Crippen molar-refractivity contribution in [2.45, 2.75) is 13.4 Å². The van der Waals surface area contributed by atoms with Gasteiger partial charge < -0.3 is 15.4 Å². The van der Waals surface area contributed by atoms with Gasteiger partial charge in [0.05, 0.1) is 12.3 Å². The Morgan fingerprint density at radius 2 is 2.55 bits per heavy atom. The number of nitrogens with zero attached hydrogens (tertiary/aromatic N) is 1. The van der Waals surface area contributed by atoms with E-state index < -0.39 is 7.05 Å². The maximum absolute atomic E-state index is 8.86. The standard InChI is InChI=1S/C5H10BN3O2/c1-6(11)7-5-2-4(3-10)8-9-5/h2,10-11H,3H2,1H3,(H2,7,8,9). The number of aromatic amines is 1.